The summed E-state index contributed by atoms with van der Waals surface area (Å²) in [6.07, 6.45) is 0. The molecule has 0 aliphatic carbocycles. The average Bonchev–Trinajstić information content (AvgIpc) is 2.41. The minimum absolute atomic E-state index is 0.0000463. The van der Waals surface area contributed by atoms with Crippen LogP contribution in [0.3, 0.4) is 0 Å². The predicted molar refractivity (Wildman–Crippen MR) is 66.0 cm³/mol. The Balaban J connectivity index is 2.17. The first kappa shape index (κ1) is 13.4. The predicted octanol–water partition coefficient (Wildman–Crippen LogP) is 3.21. The Hall–Kier alpha value is -2.01. The van der Waals surface area contributed by atoms with Gasteiger partial charge in [-0.05, 0) is 12.1 Å². The number of aliphatic hydroxyl groups is 1. The molecular formula is C14H12F3NO. The molecule has 0 heterocycles. The molecule has 19 heavy (non-hydrogen) atoms. The minimum Gasteiger partial charge on any atom is -0.392 e. The van der Waals surface area contributed by atoms with E-state index in [1.165, 1.54) is 0 Å². The lowest BCUT2D eigenvalue weighted by molar-refractivity contribution is 0.282. The van der Waals surface area contributed by atoms with Crippen LogP contribution >= 0.6 is 0 Å². The molecule has 5 heteroatoms. The summed E-state index contributed by atoms with van der Waals surface area (Å²) in [5.41, 5.74) is 1.28. The lowest BCUT2D eigenvalue weighted by atomic mass is 10.1. The number of para-hydroxylation sites is 1. The summed E-state index contributed by atoms with van der Waals surface area (Å²) in [6.45, 7) is -0.163. The molecule has 100 valence electrons. The fourth-order valence-electron chi connectivity index (χ4n) is 1.72. The normalized spacial score (nSPS) is 10.5. The molecule has 2 nitrogen and oxygen atoms in total. The molecule has 0 bridgehead atoms. The van der Waals surface area contributed by atoms with Crippen molar-refractivity contribution < 1.29 is 18.3 Å². The third-order valence-corrected chi connectivity index (χ3v) is 2.75. The van der Waals surface area contributed by atoms with Crippen molar-refractivity contribution >= 4 is 5.69 Å². The number of rotatable bonds is 4. The Morgan fingerprint density at radius 1 is 0.895 bits per heavy atom. The van der Waals surface area contributed by atoms with Crippen LogP contribution in [0, 0.1) is 17.5 Å². The zero-order chi connectivity index (χ0) is 13.8. The van der Waals surface area contributed by atoms with E-state index in [0.717, 1.165) is 6.07 Å². The quantitative estimate of drug-likeness (QED) is 0.834. The zero-order valence-electron chi connectivity index (χ0n) is 9.96. The van der Waals surface area contributed by atoms with Crippen molar-refractivity contribution in [3.8, 4) is 0 Å². The molecule has 0 fully saturated rings. The smallest absolute Gasteiger partial charge is 0.161 e. The van der Waals surface area contributed by atoms with Gasteiger partial charge in [0.05, 0.1) is 6.61 Å². The first-order chi connectivity index (χ1) is 9.11. The van der Waals surface area contributed by atoms with Crippen LogP contribution in [-0.4, -0.2) is 5.11 Å². The number of anilines is 1. The topological polar surface area (TPSA) is 32.3 Å². The van der Waals surface area contributed by atoms with Crippen molar-refractivity contribution in [2.24, 2.45) is 0 Å². The van der Waals surface area contributed by atoms with Gasteiger partial charge >= 0.3 is 0 Å². The van der Waals surface area contributed by atoms with Crippen LogP contribution < -0.4 is 5.32 Å². The van der Waals surface area contributed by atoms with Gasteiger partial charge in [-0.25, -0.2) is 13.2 Å². The van der Waals surface area contributed by atoms with Gasteiger partial charge in [-0.15, -0.1) is 0 Å². The molecule has 0 saturated heterocycles. The van der Waals surface area contributed by atoms with E-state index in [1.54, 1.807) is 24.3 Å². The van der Waals surface area contributed by atoms with Crippen molar-refractivity contribution in [1.82, 2.24) is 0 Å². The molecule has 2 rings (SSSR count). The summed E-state index contributed by atoms with van der Waals surface area (Å²) < 4.78 is 39.2. The molecule has 2 aromatic carbocycles. The molecular weight excluding hydrogens is 255 g/mol. The van der Waals surface area contributed by atoms with E-state index in [2.05, 4.69) is 5.32 Å². The summed E-state index contributed by atoms with van der Waals surface area (Å²) in [7, 11) is 0. The number of hydrogen-bond acceptors (Lipinski definition) is 2. The molecule has 0 amide bonds. The van der Waals surface area contributed by atoms with Gasteiger partial charge in [-0.2, -0.15) is 0 Å². The van der Waals surface area contributed by atoms with Crippen molar-refractivity contribution in [3.05, 3.63) is 65.0 Å². The van der Waals surface area contributed by atoms with Crippen LogP contribution in [0.2, 0.25) is 0 Å². The molecule has 0 aliphatic heterocycles. The second kappa shape index (κ2) is 5.75. The number of benzene rings is 2. The summed E-state index contributed by atoms with van der Waals surface area (Å²) >= 11 is 0. The molecule has 0 aliphatic rings. The monoisotopic (exact) mass is 267 g/mol. The van der Waals surface area contributed by atoms with E-state index in [0.29, 0.717) is 17.3 Å². The number of hydrogen-bond donors (Lipinski definition) is 2. The molecule has 0 unspecified atom stereocenters. The summed E-state index contributed by atoms with van der Waals surface area (Å²) in [5, 5.41) is 12.0. The lowest BCUT2D eigenvalue weighted by Gasteiger charge is -2.11. The van der Waals surface area contributed by atoms with Crippen molar-refractivity contribution in [3.63, 3.8) is 0 Å². The van der Waals surface area contributed by atoms with E-state index < -0.39 is 17.5 Å². The summed E-state index contributed by atoms with van der Waals surface area (Å²) in [4.78, 5) is 0. The fourth-order valence-corrected chi connectivity index (χ4v) is 1.72. The Kier molecular flexibility index (Phi) is 4.06. The van der Waals surface area contributed by atoms with E-state index in [1.807, 2.05) is 0 Å². The highest BCUT2D eigenvalue weighted by molar-refractivity contribution is 5.51. The molecule has 2 N–H and O–H groups in total. The molecule has 2 aromatic rings. The first-order valence-corrected chi connectivity index (χ1v) is 5.68. The van der Waals surface area contributed by atoms with Crippen LogP contribution in [0.15, 0.2) is 36.4 Å². The van der Waals surface area contributed by atoms with Crippen molar-refractivity contribution in [1.29, 1.82) is 0 Å². The van der Waals surface area contributed by atoms with Crippen molar-refractivity contribution in [2.45, 2.75) is 13.2 Å². The highest BCUT2D eigenvalue weighted by atomic mass is 19.2. The maximum absolute atomic E-state index is 13.4. The summed E-state index contributed by atoms with van der Waals surface area (Å²) in [5.74, 6) is -3.11. The third kappa shape index (κ3) is 3.06. The van der Waals surface area contributed by atoms with Gasteiger partial charge < -0.3 is 10.4 Å². The number of halogens is 3. The van der Waals surface area contributed by atoms with Crippen LogP contribution in [-0.2, 0) is 13.2 Å². The van der Waals surface area contributed by atoms with Crippen LogP contribution in [0.1, 0.15) is 11.1 Å². The number of aliphatic hydroxyl groups excluding tert-OH is 1. The SMILES string of the molecule is OCc1ccccc1NCc1cc(F)c(F)cc1F. The van der Waals surface area contributed by atoms with Gasteiger partial charge in [0.2, 0.25) is 0 Å². The number of nitrogens with one attached hydrogen (secondary N) is 1. The van der Waals surface area contributed by atoms with E-state index >= 15 is 0 Å². The van der Waals surface area contributed by atoms with Crippen LogP contribution in [0.25, 0.3) is 0 Å². The highest BCUT2D eigenvalue weighted by Crippen LogP contribution is 2.18. The molecule has 0 radical (unpaired) electrons. The second-order valence-corrected chi connectivity index (χ2v) is 4.03. The van der Waals surface area contributed by atoms with Crippen LogP contribution in [0.5, 0.6) is 0 Å². The van der Waals surface area contributed by atoms with E-state index in [4.69, 9.17) is 5.11 Å². The van der Waals surface area contributed by atoms with E-state index in [-0.39, 0.29) is 18.7 Å². The standard InChI is InChI=1S/C14H12F3NO/c15-11-6-13(17)12(16)5-10(11)7-18-14-4-2-1-3-9(14)8-19/h1-6,18-19H,7-8H2. The maximum atomic E-state index is 13.4. The van der Waals surface area contributed by atoms with Crippen LogP contribution in [0.4, 0.5) is 18.9 Å². The maximum Gasteiger partial charge on any atom is 0.161 e. The second-order valence-electron chi connectivity index (χ2n) is 4.03. The Morgan fingerprint density at radius 3 is 2.32 bits per heavy atom. The van der Waals surface area contributed by atoms with Gasteiger partial charge in [0, 0.05) is 29.4 Å². The fraction of sp³-hybridized carbons (Fsp3) is 0.143. The van der Waals surface area contributed by atoms with Gasteiger partial charge in [0.25, 0.3) is 0 Å². The Labute approximate surface area is 108 Å². The van der Waals surface area contributed by atoms with Crippen molar-refractivity contribution in [2.75, 3.05) is 5.32 Å². The Bertz CT molecular complexity index is 587. The molecule has 0 aromatic heterocycles. The first-order valence-electron chi connectivity index (χ1n) is 5.68. The zero-order valence-corrected chi connectivity index (χ0v) is 9.96. The van der Waals surface area contributed by atoms with Gasteiger partial charge in [-0.1, -0.05) is 18.2 Å². The lowest BCUT2D eigenvalue weighted by Crippen LogP contribution is -2.05. The molecule has 0 saturated carbocycles. The average molecular weight is 267 g/mol. The van der Waals surface area contributed by atoms with Gasteiger partial charge in [0.15, 0.2) is 11.6 Å². The highest BCUT2D eigenvalue weighted by Gasteiger charge is 2.10. The third-order valence-electron chi connectivity index (χ3n) is 2.75. The molecule has 0 atom stereocenters. The summed E-state index contributed by atoms with van der Waals surface area (Å²) in [6, 6.07) is 8.27. The molecule has 0 spiro atoms. The van der Waals surface area contributed by atoms with Gasteiger partial charge in [0.1, 0.15) is 5.82 Å². The van der Waals surface area contributed by atoms with Gasteiger partial charge in [-0.3, -0.25) is 0 Å². The van der Waals surface area contributed by atoms with E-state index in [9.17, 15) is 13.2 Å². The Morgan fingerprint density at radius 2 is 1.58 bits per heavy atom. The minimum atomic E-state index is -1.21. The largest absolute Gasteiger partial charge is 0.392 e.